The van der Waals surface area contributed by atoms with Gasteiger partial charge in [0.2, 0.25) is 0 Å². The second-order valence-corrected chi connectivity index (χ2v) is 11.1. The summed E-state index contributed by atoms with van der Waals surface area (Å²) in [6, 6.07) is 10.0. The molecule has 4 aromatic rings. The molecule has 0 aromatic heterocycles. The van der Waals surface area contributed by atoms with Crippen LogP contribution in [0, 0.1) is 14.3 Å². The molecule has 0 radical (unpaired) electrons. The summed E-state index contributed by atoms with van der Waals surface area (Å²) in [4.78, 5) is -0.112. The summed E-state index contributed by atoms with van der Waals surface area (Å²) < 4.78 is 38.7. The van der Waals surface area contributed by atoms with Gasteiger partial charge >= 0.3 is 0 Å². The van der Waals surface area contributed by atoms with Gasteiger partial charge in [-0.1, -0.05) is 24.3 Å². The van der Waals surface area contributed by atoms with Crippen molar-refractivity contribution in [3.8, 4) is 0 Å². The maximum Gasteiger partial charge on any atom is 0.126 e. The van der Waals surface area contributed by atoms with Gasteiger partial charge in [-0.25, -0.2) is 8.42 Å². The molecule has 0 aliphatic rings. The number of halogens is 4. The van der Waals surface area contributed by atoms with Crippen LogP contribution >= 0.6 is 90.4 Å². The summed E-state index contributed by atoms with van der Waals surface area (Å²) in [6.45, 7) is 0. The van der Waals surface area contributed by atoms with Crippen LogP contribution in [0.2, 0.25) is 0 Å². The zero-order valence-corrected chi connectivity index (χ0v) is 21.0. The highest BCUT2D eigenvalue weighted by atomic mass is 127. The van der Waals surface area contributed by atoms with Crippen molar-refractivity contribution in [3.63, 3.8) is 0 Å². The molecule has 4 rings (SSSR count). The van der Waals surface area contributed by atoms with Gasteiger partial charge in [-0.3, -0.25) is 0 Å². The van der Waals surface area contributed by atoms with Crippen molar-refractivity contribution in [2.75, 3.05) is 0 Å². The predicted molar refractivity (Wildman–Crippen MR) is 129 cm³/mol. The minimum atomic E-state index is -4.54. The van der Waals surface area contributed by atoms with Gasteiger partial charge in [0.1, 0.15) is 10.1 Å². The number of hydrogen-bond acceptors (Lipinski definition) is 3. The summed E-state index contributed by atoms with van der Waals surface area (Å²) in [7, 11) is -4.54. The SMILES string of the molecule is O=S(=O)([O-])c1c(I)c2ccc3c(I)cc(I)c4ccc(c1I)c2c34. The molecule has 3 nitrogen and oxygen atoms in total. The van der Waals surface area contributed by atoms with Crippen molar-refractivity contribution in [1.82, 2.24) is 0 Å². The molecule has 122 valence electrons. The highest BCUT2D eigenvalue weighted by Gasteiger charge is 2.22. The van der Waals surface area contributed by atoms with Crippen LogP contribution in [0.25, 0.3) is 32.3 Å². The number of hydrogen-bond donors (Lipinski definition) is 0. The molecule has 0 bridgehead atoms. The van der Waals surface area contributed by atoms with E-state index in [0.29, 0.717) is 7.14 Å². The summed E-state index contributed by atoms with van der Waals surface area (Å²) in [6.07, 6.45) is 0. The van der Waals surface area contributed by atoms with Crippen molar-refractivity contribution in [3.05, 3.63) is 44.6 Å². The van der Waals surface area contributed by atoms with Crippen LogP contribution in [0.3, 0.4) is 0 Å². The lowest BCUT2D eigenvalue weighted by molar-refractivity contribution is 0.462. The Labute approximate surface area is 192 Å². The Balaban J connectivity index is 2.42. The monoisotopic (exact) mass is 785 g/mol. The minimum absolute atomic E-state index is 0.112. The Morgan fingerprint density at radius 1 is 0.708 bits per heavy atom. The first-order valence-electron chi connectivity index (χ1n) is 6.61. The second kappa shape index (κ2) is 6.14. The fourth-order valence-corrected chi connectivity index (χ4v) is 9.44. The van der Waals surface area contributed by atoms with Crippen molar-refractivity contribution in [1.29, 1.82) is 0 Å². The fourth-order valence-electron chi connectivity index (χ4n) is 3.09. The largest absolute Gasteiger partial charge is 0.744 e. The molecule has 24 heavy (non-hydrogen) atoms. The third kappa shape index (κ3) is 2.57. The van der Waals surface area contributed by atoms with E-state index in [1.807, 2.05) is 69.4 Å². The molecule has 0 aliphatic heterocycles. The Bertz CT molecular complexity index is 1190. The van der Waals surface area contributed by atoms with E-state index in [1.54, 1.807) is 0 Å². The average Bonchev–Trinajstić information content (AvgIpc) is 2.49. The molecule has 0 saturated heterocycles. The van der Waals surface area contributed by atoms with Gasteiger partial charge in [-0.2, -0.15) is 0 Å². The minimum Gasteiger partial charge on any atom is -0.744 e. The fraction of sp³-hybridized carbons (Fsp3) is 0. The number of benzene rings is 4. The molecule has 0 amide bonds. The van der Waals surface area contributed by atoms with Crippen LogP contribution < -0.4 is 0 Å². The van der Waals surface area contributed by atoms with Crippen LogP contribution in [-0.4, -0.2) is 13.0 Å². The summed E-state index contributed by atoms with van der Waals surface area (Å²) in [5.74, 6) is 0. The molecule has 0 heterocycles. The maximum atomic E-state index is 11.8. The van der Waals surface area contributed by atoms with Gasteiger partial charge in [-0.05, 0) is 129 Å². The van der Waals surface area contributed by atoms with E-state index in [0.717, 1.165) is 39.5 Å². The molecule has 4 aromatic carbocycles. The molecule has 0 unspecified atom stereocenters. The molecule has 0 atom stereocenters. The summed E-state index contributed by atoms with van der Waals surface area (Å²) >= 11 is 8.62. The second-order valence-electron chi connectivity index (χ2n) is 5.32. The first-order chi connectivity index (χ1) is 11.2. The van der Waals surface area contributed by atoms with Gasteiger partial charge in [0.25, 0.3) is 0 Å². The predicted octanol–water partition coefficient (Wildman–Crippen LogP) is 5.91. The van der Waals surface area contributed by atoms with E-state index < -0.39 is 10.1 Å². The van der Waals surface area contributed by atoms with Crippen LogP contribution in [-0.2, 0) is 10.1 Å². The Kier molecular flexibility index (Phi) is 4.64. The topological polar surface area (TPSA) is 57.2 Å². The quantitative estimate of drug-likeness (QED) is 0.137. The average molecular weight is 785 g/mol. The Morgan fingerprint density at radius 3 is 1.50 bits per heavy atom. The van der Waals surface area contributed by atoms with Crippen LogP contribution in [0.1, 0.15) is 0 Å². The third-order valence-corrected chi connectivity index (χ3v) is 9.72. The highest BCUT2D eigenvalue weighted by Crippen LogP contribution is 2.43. The van der Waals surface area contributed by atoms with Crippen LogP contribution in [0.5, 0.6) is 0 Å². The summed E-state index contributed by atoms with van der Waals surface area (Å²) in [5, 5.41) is 6.09. The Morgan fingerprint density at radius 2 is 1.08 bits per heavy atom. The van der Waals surface area contributed by atoms with E-state index in [4.69, 9.17) is 0 Å². The number of rotatable bonds is 1. The first-order valence-corrected chi connectivity index (χ1v) is 12.3. The molecule has 0 saturated carbocycles. The lowest BCUT2D eigenvalue weighted by Crippen LogP contribution is -2.06. The van der Waals surface area contributed by atoms with E-state index >= 15 is 0 Å². The maximum absolute atomic E-state index is 11.8. The van der Waals surface area contributed by atoms with Gasteiger partial charge < -0.3 is 4.55 Å². The van der Waals surface area contributed by atoms with E-state index in [-0.39, 0.29) is 4.90 Å². The van der Waals surface area contributed by atoms with E-state index in [9.17, 15) is 13.0 Å². The van der Waals surface area contributed by atoms with Gasteiger partial charge in [-0.15, -0.1) is 0 Å². The zero-order valence-electron chi connectivity index (χ0n) is 11.5. The van der Waals surface area contributed by atoms with E-state index in [1.165, 1.54) is 0 Å². The zero-order chi connectivity index (χ0) is 17.4. The van der Waals surface area contributed by atoms with Gasteiger partial charge in [0.15, 0.2) is 0 Å². The third-order valence-electron chi connectivity index (χ3n) is 4.05. The molecular weight excluding hydrogens is 780 g/mol. The van der Waals surface area contributed by atoms with Crippen LogP contribution in [0.4, 0.5) is 0 Å². The highest BCUT2D eigenvalue weighted by molar-refractivity contribution is 14.1. The molecule has 0 N–H and O–H groups in total. The van der Waals surface area contributed by atoms with Crippen molar-refractivity contribution in [2.45, 2.75) is 4.90 Å². The van der Waals surface area contributed by atoms with E-state index in [2.05, 4.69) is 51.2 Å². The van der Waals surface area contributed by atoms with Crippen molar-refractivity contribution < 1.29 is 13.0 Å². The van der Waals surface area contributed by atoms with Crippen molar-refractivity contribution in [2.24, 2.45) is 0 Å². The molecule has 0 spiro atoms. The van der Waals surface area contributed by atoms with Gasteiger partial charge in [0, 0.05) is 14.3 Å². The smallest absolute Gasteiger partial charge is 0.126 e. The molecule has 8 heteroatoms. The first kappa shape index (κ1) is 18.1. The van der Waals surface area contributed by atoms with Gasteiger partial charge in [0.05, 0.1) is 4.90 Å². The van der Waals surface area contributed by atoms with Crippen LogP contribution in [0.15, 0.2) is 35.2 Å². The lowest BCUT2D eigenvalue weighted by Gasteiger charge is -2.19. The normalized spacial score (nSPS) is 12.7. The molecular formula is C16H5I4O3S-. The Hall–Kier alpha value is 0.750. The van der Waals surface area contributed by atoms with Crippen molar-refractivity contribution >= 4 is 133 Å². The molecule has 0 aliphatic carbocycles. The lowest BCUT2D eigenvalue weighted by atomic mass is 9.94. The molecule has 0 fully saturated rings. The standard InChI is InChI=1S/C16H6I4O3S/c17-10-5-11(18)7-2-4-9-13-8(3-1-6(10)12(7)13)14(19)16(15(9)20)24(21,22)23/h1-5H,(H,21,22,23)/p-1. The summed E-state index contributed by atoms with van der Waals surface area (Å²) in [5.41, 5.74) is 0.